The third-order valence-electron chi connectivity index (χ3n) is 2.01. The minimum absolute atomic E-state index is 0.461. The van der Waals surface area contributed by atoms with Crippen LogP contribution in [0.3, 0.4) is 0 Å². The first kappa shape index (κ1) is 10.7. The number of likely N-dealkylation sites (N-methyl/N-ethyl adjacent to an activating group) is 1. The largest absolute Gasteiger partial charge is 0.319 e. The van der Waals surface area contributed by atoms with E-state index in [1.54, 1.807) is 17.6 Å². The van der Waals surface area contributed by atoms with Crippen molar-refractivity contribution in [3.63, 3.8) is 0 Å². The van der Waals surface area contributed by atoms with Crippen LogP contribution in [0.1, 0.15) is 15.9 Å². The quantitative estimate of drug-likeness (QED) is 0.485. The van der Waals surface area contributed by atoms with E-state index in [-0.39, 0.29) is 0 Å². The Kier molecular flexibility index (Phi) is 4.10. The summed E-state index contributed by atoms with van der Waals surface area (Å²) in [5.41, 5.74) is 3.08. The van der Waals surface area contributed by atoms with Crippen molar-refractivity contribution in [2.45, 2.75) is 6.42 Å². The molecule has 1 aromatic rings. The van der Waals surface area contributed by atoms with Crippen molar-refractivity contribution in [3.05, 3.63) is 35.4 Å². The van der Waals surface area contributed by atoms with Gasteiger partial charge in [0.15, 0.2) is 0 Å². The molecule has 0 aliphatic rings. The Morgan fingerprint density at radius 2 is 2.14 bits per heavy atom. The molecule has 14 heavy (non-hydrogen) atoms. The summed E-state index contributed by atoms with van der Waals surface area (Å²) in [6, 6.07) is 7.21. The number of hydrogen-bond donors (Lipinski definition) is 3. The molecule has 0 bridgehead atoms. The lowest BCUT2D eigenvalue weighted by Crippen LogP contribution is -2.21. The van der Waals surface area contributed by atoms with Crippen molar-refractivity contribution in [2.24, 2.45) is 0 Å². The van der Waals surface area contributed by atoms with Gasteiger partial charge < -0.3 is 5.32 Å². The van der Waals surface area contributed by atoms with Crippen LogP contribution in [0, 0.1) is 0 Å². The molecule has 3 N–H and O–H groups in total. The third kappa shape index (κ3) is 2.55. The van der Waals surface area contributed by atoms with Crippen LogP contribution in [0.25, 0.3) is 0 Å². The summed E-state index contributed by atoms with van der Waals surface area (Å²) in [5, 5.41) is 11.5. The molecule has 0 spiro atoms. The van der Waals surface area contributed by atoms with Gasteiger partial charge in [-0.1, -0.05) is 18.2 Å². The fourth-order valence-corrected chi connectivity index (χ4v) is 1.28. The Balaban J connectivity index is 2.85. The SMILES string of the molecule is CNCCc1ccccc1C(=O)NO. The Morgan fingerprint density at radius 3 is 2.79 bits per heavy atom. The van der Waals surface area contributed by atoms with E-state index in [1.807, 2.05) is 19.2 Å². The number of nitrogens with one attached hydrogen (secondary N) is 2. The van der Waals surface area contributed by atoms with Crippen LogP contribution in [0.15, 0.2) is 24.3 Å². The summed E-state index contributed by atoms with van der Waals surface area (Å²) < 4.78 is 0. The highest BCUT2D eigenvalue weighted by molar-refractivity contribution is 5.94. The predicted molar refractivity (Wildman–Crippen MR) is 53.3 cm³/mol. The van der Waals surface area contributed by atoms with E-state index in [2.05, 4.69) is 5.32 Å². The lowest BCUT2D eigenvalue weighted by atomic mass is 10.0. The van der Waals surface area contributed by atoms with Crippen LogP contribution in [0.2, 0.25) is 0 Å². The molecule has 0 unspecified atom stereocenters. The summed E-state index contributed by atoms with van der Waals surface area (Å²) in [6.45, 7) is 0.801. The fourth-order valence-electron chi connectivity index (χ4n) is 1.28. The zero-order chi connectivity index (χ0) is 10.4. The maximum Gasteiger partial charge on any atom is 0.274 e. The number of rotatable bonds is 4. The average molecular weight is 194 g/mol. The number of hydroxylamine groups is 1. The molecule has 1 rings (SSSR count). The topological polar surface area (TPSA) is 61.4 Å². The Labute approximate surface area is 82.9 Å². The van der Waals surface area contributed by atoms with Crippen LogP contribution in [0.4, 0.5) is 0 Å². The first-order valence-corrected chi connectivity index (χ1v) is 4.46. The number of carbonyl (C=O) groups excluding carboxylic acids is 1. The van der Waals surface area contributed by atoms with Crippen molar-refractivity contribution in [2.75, 3.05) is 13.6 Å². The van der Waals surface area contributed by atoms with Crippen molar-refractivity contribution in [3.8, 4) is 0 Å². The van der Waals surface area contributed by atoms with Crippen LogP contribution in [0.5, 0.6) is 0 Å². The monoisotopic (exact) mass is 194 g/mol. The molecule has 0 fully saturated rings. The van der Waals surface area contributed by atoms with Crippen molar-refractivity contribution in [1.82, 2.24) is 10.8 Å². The highest BCUT2D eigenvalue weighted by atomic mass is 16.5. The molecule has 76 valence electrons. The molecule has 0 saturated heterocycles. The van der Waals surface area contributed by atoms with E-state index in [0.717, 1.165) is 18.5 Å². The number of carbonyl (C=O) groups is 1. The number of amides is 1. The first-order chi connectivity index (χ1) is 6.79. The Bertz CT molecular complexity index is 313. The van der Waals surface area contributed by atoms with E-state index in [1.165, 1.54) is 0 Å². The fraction of sp³-hybridized carbons (Fsp3) is 0.300. The van der Waals surface area contributed by atoms with Gasteiger partial charge in [0, 0.05) is 5.56 Å². The van der Waals surface area contributed by atoms with Crippen molar-refractivity contribution < 1.29 is 10.0 Å². The highest BCUT2D eigenvalue weighted by Gasteiger charge is 2.08. The maximum atomic E-state index is 11.2. The smallest absolute Gasteiger partial charge is 0.274 e. The van der Waals surface area contributed by atoms with Gasteiger partial charge in [-0.15, -0.1) is 0 Å². The van der Waals surface area contributed by atoms with E-state index in [0.29, 0.717) is 5.56 Å². The molecule has 0 saturated carbocycles. The second-order valence-electron chi connectivity index (χ2n) is 2.95. The molecule has 4 heteroatoms. The van der Waals surface area contributed by atoms with E-state index < -0.39 is 5.91 Å². The summed E-state index contributed by atoms with van der Waals surface area (Å²) in [4.78, 5) is 11.2. The van der Waals surface area contributed by atoms with Gasteiger partial charge in [-0.2, -0.15) is 0 Å². The minimum Gasteiger partial charge on any atom is -0.319 e. The molecule has 4 nitrogen and oxygen atoms in total. The molecule has 1 aromatic carbocycles. The van der Waals surface area contributed by atoms with E-state index in [9.17, 15) is 4.79 Å². The molecular formula is C10H14N2O2. The molecule has 1 amide bonds. The van der Waals surface area contributed by atoms with Gasteiger partial charge in [-0.25, -0.2) is 5.48 Å². The highest BCUT2D eigenvalue weighted by Crippen LogP contribution is 2.08. The van der Waals surface area contributed by atoms with Crippen LogP contribution in [-0.2, 0) is 6.42 Å². The molecule has 0 atom stereocenters. The van der Waals surface area contributed by atoms with Gasteiger partial charge in [-0.3, -0.25) is 10.0 Å². The van der Waals surface area contributed by atoms with Gasteiger partial charge in [0.1, 0.15) is 0 Å². The molecule has 0 aromatic heterocycles. The number of benzene rings is 1. The molecular weight excluding hydrogens is 180 g/mol. The van der Waals surface area contributed by atoms with Gasteiger partial charge in [0.05, 0.1) is 0 Å². The minimum atomic E-state index is -0.461. The zero-order valence-electron chi connectivity index (χ0n) is 8.08. The molecule has 0 aliphatic carbocycles. The van der Waals surface area contributed by atoms with Crippen LogP contribution < -0.4 is 10.8 Å². The molecule has 0 heterocycles. The van der Waals surface area contributed by atoms with Gasteiger partial charge in [0.25, 0.3) is 5.91 Å². The standard InChI is InChI=1S/C10H14N2O2/c1-11-7-6-8-4-2-3-5-9(8)10(13)12-14/h2-5,11,14H,6-7H2,1H3,(H,12,13). The van der Waals surface area contributed by atoms with Crippen molar-refractivity contribution >= 4 is 5.91 Å². The lowest BCUT2D eigenvalue weighted by Gasteiger charge is -2.06. The normalized spacial score (nSPS) is 9.86. The second-order valence-corrected chi connectivity index (χ2v) is 2.95. The van der Waals surface area contributed by atoms with E-state index >= 15 is 0 Å². The van der Waals surface area contributed by atoms with E-state index in [4.69, 9.17) is 5.21 Å². The van der Waals surface area contributed by atoms with Gasteiger partial charge in [0.2, 0.25) is 0 Å². The van der Waals surface area contributed by atoms with Gasteiger partial charge >= 0.3 is 0 Å². The van der Waals surface area contributed by atoms with Crippen LogP contribution in [-0.4, -0.2) is 24.7 Å². The lowest BCUT2D eigenvalue weighted by molar-refractivity contribution is 0.0705. The Hall–Kier alpha value is -1.39. The van der Waals surface area contributed by atoms with Crippen molar-refractivity contribution in [1.29, 1.82) is 0 Å². The average Bonchev–Trinajstić information content (AvgIpc) is 2.25. The van der Waals surface area contributed by atoms with Crippen LogP contribution >= 0.6 is 0 Å². The summed E-state index contributed by atoms with van der Waals surface area (Å²) in [7, 11) is 1.86. The van der Waals surface area contributed by atoms with Gasteiger partial charge in [-0.05, 0) is 31.6 Å². The maximum absolute atomic E-state index is 11.2. The summed E-state index contributed by atoms with van der Waals surface area (Å²) in [5.74, 6) is -0.461. The summed E-state index contributed by atoms with van der Waals surface area (Å²) >= 11 is 0. The predicted octanol–water partition coefficient (Wildman–Crippen LogP) is 0.568. The summed E-state index contributed by atoms with van der Waals surface area (Å²) in [6.07, 6.45) is 0.764. The number of hydrogen-bond acceptors (Lipinski definition) is 3. The Morgan fingerprint density at radius 1 is 1.43 bits per heavy atom. The second kappa shape index (κ2) is 5.36. The first-order valence-electron chi connectivity index (χ1n) is 4.46. The third-order valence-corrected chi connectivity index (χ3v) is 2.01. The zero-order valence-corrected chi connectivity index (χ0v) is 8.08. The molecule has 0 radical (unpaired) electrons. The molecule has 0 aliphatic heterocycles.